The van der Waals surface area contributed by atoms with Crippen LogP contribution in [0.15, 0.2) is 18.2 Å². The maximum absolute atomic E-state index is 14.3. The molecule has 15 nitrogen and oxygen atoms in total. The molecule has 7 atom stereocenters. The molecule has 20 heteroatoms. The van der Waals surface area contributed by atoms with E-state index in [1.165, 1.54) is 25.9 Å². The normalized spacial score (nSPS) is 24.5. The van der Waals surface area contributed by atoms with Gasteiger partial charge in [0.05, 0.1) is 0 Å². The molecule has 2 heterocycles. The summed E-state index contributed by atoms with van der Waals surface area (Å²) in [4.78, 5) is 98.5. The average molecular weight is 879 g/mol. The molecule has 1 aromatic carbocycles. The van der Waals surface area contributed by atoms with Crippen LogP contribution < -0.4 is 21.3 Å². The predicted molar refractivity (Wildman–Crippen MR) is 213 cm³/mol. The minimum absolute atomic E-state index is 0.0167. The molecule has 0 aliphatic carbocycles. The molecule has 0 radical (unpaired) electrons. The number of hydrogen-bond donors (Lipinski definition) is 5. The van der Waals surface area contributed by atoms with Gasteiger partial charge in [-0.1, -0.05) is 44.0 Å². The summed E-state index contributed by atoms with van der Waals surface area (Å²) >= 11 is 12.7. The molecule has 2 unspecified atom stereocenters. The predicted octanol–water partition coefficient (Wildman–Crippen LogP) is 2.72. The number of halogens is 5. The Morgan fingerprint density at radius 2 is 1.63 bits per heavy atom. The Morgan fingerprint density at radius 3 is 2.24 bits per heavy atom. The van der Waals surface area contributed by atoms with E-state index in [1.807, 2.05) is 13.8 Å². The lowest BCUT2D eigenvalue weighted by Gasteiger charge is -2.35. The van der Waals surface area contributed by atoms with E-state index in [0.717, 1.165) is 4.90 Å². The molecule has 0 bridgehead atoms. The van der Waals surface area contributed by atoms with Gasteiger partial charge < -0.3 is 41.1 Å². The highest BCUT2D eigenvalue weighted by Gasteiger charge is 2.58. The fourth-order valence-corrected chi connectivity index (χ4v) is 7.50. The number of benzene rings is 1. The molecule has 7 amide bonds. The Morgan fingerprint density at radius 1 is 0.983 bits per heavy atom. The molecule has 2 fully saturated rings. The number of aliphatic hydroxyl groups is 1. The first kappa shape index (κ1) is 49.2. The molecule has 1 aromatic rings. The Labute approximate surface area is 352 Å². The monoisotopic (exact) mass is 877 g/mol. The standard InChI is InChI=1S/C39H56Cl2F3N7O8/c1-8-26-31(52)45-16-10-9-12-28(49(6)35(56)22(4)46-33(54)29-13-11-17-51(29)37(58)38(5,59)39(42,43)44)32(53)48-27(18-21(2)3)36(57)50(7)30(34(55)47-26)20-23-19-24(40)14-15-25(23)41/h14-15,19,21-22,26-30,59H,8-13,16-18,20H2,1-7H3,(H,45,52)(H,46,54)(H,47,55)(H,48,53)/t22-,26?,27?,28-,29-,30-,38+/m0/s1. The van der Waals surface area contributed by atoms with E-state index in [0.29, 0.717) is 35.3 Å². The van der Waals surface area contributed by atoms with Gasteiger partial charge in [-0.15, -0.1) is 0 Å². The van der Waals surface area contributed by atoms with Gasteiger partial charge in [-0.05, 0) is 88.5 Å². The van der Waals surface area contributed by atoms with Crippen LogP contribution in [0.5, 0.6) is 0 Å². The fraction of sp³-hybridized carbons (Fsp3) is 0.667. The zero-order valence-corrected chi connectivity index (χ0v) is 35.9. The van der Waals surface area contributed by atoms with Crippen LogP contribution >= 0.6 is 23.2 Å². The fourth-order valence-electron chi connectivity index (χ4n) is 7.11. The van der Waals surface area contributed by atoms with Crippen molar-refractivity contribution in [3.63, 3.8) is 0 Å². The lowest BCUT2D eigenvalue weighted by Crippen LogP contribution is -2.61. The zero-order chi connectivity index (χ0) is 44.6. The molecular formula is C39H56Cl2F3N7O8. The summed E-state index contributed by atoms with van der Waals surface area (Å²) in [5.41, 5.74) is -3.28. The van der Waals surface area contributed by atoms with E-state index in [9.17, 15) is 51.8 Å². The minimum atomic E-state index is -5.30. The Bertz CT molecular complexity index is 1730. The van der Waals surface area contributed by atoms with Crippen LogP contribution in [-0.2, 0) is 40.0 Å². The van der Waals surface area contributed by atoms with Crippen molar-refractivity contribution in [1.29, 1.82) is 0 Å². The van der Waals surface area contributed by atoms with Crippen LogP contribution in [0.4, 0.5) is 13.2 Å². The summed E-state index contributed by atoms with van der Waals surface area (Å²) in [6.07, 6.45) is -4.14. The maximum Gasteiger partial charge on any atom is 0.426 e. The second-order valence-electron chi connectivity index (χ2n) is 15.8. The highest BCUT2D eigenvalue weighted by molar-refractivity contribution is 6.33. The molecule has 0 spiro atoms. The number of nitrogens with one attached hydrogen (secondary N) is 4. The van der Waals surface area contributed by atoms with Crippen molar-refractivity contribution in [2.24, 2.45) is 5.92 Å². The maximum atomic E-state index is 14.3. The van der Waals surface area contributed by atoms with Gasteiger partial charge in [0.25, 0.3) is 5.91 Å². The smallest absolute Gasteiger partial charge is 0.373 e. The van der Waals surface area contributed by atoms with Gasteiger partial charge >= 0.3 is 6.18 Å². The summed E-state index contributed by atoms with van der Waals surface area (Å²) in [5.74, 6) is -5.97. The van der Waals surface area contributed by atoms with Crippen LogP contribution in [0.25, 0.3) is 0 Å². The van der Waals surface area contributed by atoms with Gasteiger partial charge in [-0.25, -0.2) is 0 Å². The van der Waals surface area contributed by atoms with Crippen LogP contribution in [0.2, 0.25) is 10.0 Å². The number of carbonyl (C=O) groups excluding carboxylic acids is 7. The lowest BCUT2D eigenvalue weighted by atomic mass is 9.98. The van der Waals surface area contributed by atoms with Gasteiger partial charge in [-0.2, -0.15) is 13.2 Å². The third-order valence-corrected chi connectivity index (χ3v) is 11.3. The molecule has 0 aromatic heterocycles. The van der Waals surface area contributed by atoms with E-state index < -0.39 is 89.4 Å². The first-order chi connectivity index (χ1) is 27.4. The minimum Gasteiger partial charge on any atom is -0.373 e. The summed E-state index contributed by atoms with van der Waals surface area (Å²) < 4.78 is 40.4. The molecule has 330 valence electrons. The zero-order valence-electron chi connectivity index (χ0n) is 34.4. The third kappa shape index (κ3) is 12.4. The van der Waals surface area contributed by atoms with Crippen LogP contribution in [0.3, 0.4) is 0 Å². The Hall–Kier alpha value is -4.16. The molecule has 5 N–H and O–H groups in total. The van der Waals surface area contributed by atoms with Crippen molar-refractivity contribution in [2.75, 3.05) is 27.2 Å². The van der Waals surface area contributed by atoms with Crippen molar-refractivity contribution in [3.8, 4) is 0 Å². The summed E-state index contributed by atoms with van der Waals surface area (Å²) in [5, 5.41) is 21.4. The van der Waals surface area contributed by atoms with Crippen LogP contribution in [0, 0.1) is 5.92 Å². The number of amides is 7. The van der Waals surface area contributed by atoms with Crippen LogP contribution in [0.1, 0.15) is 85.1 Å². The summed E-state index contributed by atoms with van der Waals surface area (Å²) in [7, 11) is 2.73. The number of carbonyl (C=O) groups is 7. The lowest BCUT2D eigenvalue weighted by molar-refractivity contribution is -0.250. The number of rotatable bonds is 10. The van der Waals surface area contributed by atoms with E-state index in [2.05, 4.69) is 21.3 Å². The molecule has 2 aliphatic rings. The number of likely N-dealkylation sites (N-methyl/N-ethyl adjacent to an activating group) is 2. The molecule has 0 saturated carbocycles. The second-order valence-corrected chi connectivity index (χ2v) is 16.6. The third-order valence-electron chi connectivity index (χ3n) is 10.7. The van der Waals surface area contributed by atoms with E-state index in [4.69, 9.17) is 23.2 Å². The quantitative estimate of drug-likeness (QED) is 0.237. The van der Waals surface area contributed by atoms with Gasteiger partial charge in [0.15, 0.2) is 0 Å². The summed E-state index contributed by atoms with van der Waals surface area (Å²) in [6, 6.07) is -2.59. The van der Waals surface area contributed by atoms with Gasteiger partial charge in [-0.3, -0.25) is 33.6 Å². The Balaban J connectivity index is 1.93. The van der Waals surface area contributed by atoms with Crippen molar-refractivity contribution >= 4 is 64.6 Å². The highest BCUT2D eigenvalue weighted by Crippen LogP contribution is 2.34. The van der Waals surface area contributed by atoms with Crippen molar-refractivity contribution < 1.29 is 51.8 Å². The van der Waals surface area contributed by atoms with Crippen molar-refractivity contribution in [1.82, 2.24) is 36.0 Å². The first-order valence-electron chi connectivity index (χ1n) is 19.7. The van der Waals surface area contributed by atoms with Crippen molar-refractivity contribution in [2.45, 2.75) is 134 Å². The second kappa shape index (κ2) is 20.9. The van der Waals surface area contributed by atoms with E-state index >= 15 is 0 Å². The molecule has 59 heavy (non-hydrogen) atoms. The van der Waals surface area contributed by atoms with E-state index in [-0.39, 0.29) is 62.6 Å². The van der Waals surface area contributed by atoms with Crippen LogP contribution in [-0.4, -0.2) is 136 Å². The van der Waals surface area contributed by atoms with Gasteiger partial charge in [0.1, 0.15) is 36.3 Å². The van der Waals surface area contributed by atoms with Crippen molar-refractivity contribution in [3.05, 3.63) is 33.8 Å². The van der Waals surface area contributed by atoms with E-state index in [1.54, 1.807) is 25.1 Å². The topological polar surface area (TPSA) is 198 Å². The molecule has 2 saturated heterocycles. The number of hydrogen-bond acceptors (Lipinski definition) is 8. The number of nitrogens with zero attached hydrogens (tertiary/aromatic N) is 3. The Kier molecular flexibility index (Phi) is 17.4. The summed E-state index contributed by atoms with van der Waals surface area (Å²) in [6.45, 7) is 6.95. The molecular weight excluding hydrogens is 822 g/mol. The number of likely N-dealkylation sites (tertiary alicyclic amines) is 1. The first-order valence-corrected chi connectivity index (χ1v) is 20.4. The van der Waals surface area contributed by atoms with Gasteiger partial charge in [0.2, 0.25) is 41.0 Å². The SMILES string of the molecule is CCC1NC(=O)[C@H](Cc2cc(Cl)ccc2Cl)N(C)C(=O)C(CC(C)C)NC(=O)[C@@H](N(C)C(=O)[C@H](C)NC(=O)[C@@H]2CCCN2C(=O)[C@@](C)(O)C(F)(F)F)CCCCNC1=O. The number of alkyl halides is 3. The average Bonchev–Trinajstić information content (AvgIpc) is 3.66. The van der Waals surface area contributed by atoms with Gasteiger partial charge in [0, 0.05) is 43.7 Å². The largest absolute Gasteiger partial charge is 0.426 e. The highest BCUT2D eigenvalue weighted by atomic mass is 35.5. The molecule has 2 aliphatic heterocycles. The molecule has 3 rings (SSSR count).